The lowest BCUT2D eigenvalue weighted by atomic mass is 9.93. The second-order valence-corrected chi connectivity index (χ2v) is 7.74. The van der Waals surface area contributed by atoms with Gasteiger partial charge in [0.25, 0.3) is 0 Å². The first kappa shape index (κ1) is 16.5. The molecule has 134 valence electrons. The fourth-order valence-electron chi connectivity index (χ4n) is 4.27. The lowest BCUT2D eigenvalue weighted by Gasteiger charge is -2.30. The third-order valence-electron chi connectivity index (χ3n) is 5.49. The zero-order chi connectivity index (χ0) is 17.4. The van der Waals surface area contributed by atoms with Gasteiger partial charge in [0.05, 0.1) is 6.54 Å². The standard InChI is InChI=1S/C20H26N2O3/c1-21(2)12-20(23)22(11-17-8-14-3-5-16(17)7-14)10-15-4-6-18-19(9-15)25-13-24-18/h3-6,9,14,16-17H,7-8,10-13H2,1-2H3/t14-,16+,17+/m1/s1. The number of ether oxygens (including phenoxy) is 2. The summed E-state index contributed by atoms with van der Waals surface area (Å²) in [5.41, 5.74) is 1.09. The van der Waals surface area contributed by atoms with Crippen molar-refractivity contribution in [2.24, 2.45) is 17.8 Å². The topological polar surface area (TPSA) is 42.0 Å². The van der Waals surface area contributed by atoms with Crippen molar-refractivity contribution in [1.29, 1.82) is 0 Å². The molecule has 0 spiro atoms. The normalized spacial score (nSPS) is 25.8. The molecule has 0 saturated heterocycles. The van der Waals surface area contributed by atoms with Gasteiger partial charge in [0.1, 0.15) is 0 Å². The summed E-state index contributed by atoms with van der Waals surface area (Å²) < 4.78 is 10.9. The zero-order valence-electron chi connectivity index (χ0n) is 15.0. The first-order chi connectivity index (χ1) is 12.1. The Morgan fingerprint density at radius 2 is 2.00 bits per heavy atom. The summed E-state index contributed by atoms with van der Waals surface area (Å²) in [6, 6.07) is 5.97. The Balaban J connectivity index is 1.48. The van der Waals surface area contributed by atoms with Gasteiger partial charge in [-0.25, -0.2) is 0 Å². The van der Waals surface area contributed by atoms with Gasteiger partial charge in [-0.3, -0.25) is 4.79 Å². The molecule has 1 saturated carbocycles. The van der Waals surface area contributed by atoms with Crippen molar-refractivity contribution in [2.45, 2.75) is 19.4 Å². The maximum Gasteiger partial charge on any atom is 0.237 e. The van der Waals surface area contributed by atoms with Crippen molar-refractivity contribution in [3.8, 4) is 11.5 Å². The van der Waals surface area contributed by atoms with E-state index in [4.69, 9.17) is 9.47 Å². The van der Waals surface area contributed by atoms with E-state index in [-0.39, 0.29) is 12.7 Å². The number of carbonyl (C=O) groups excluding carboxylic acids is 1. The Labute approximate surface area is 149 Å². The molecule has 0 unspecified atom stereocenters. The fraction of sp³-hybridized carbons (Fsp3) is 0.550. The highest BCUT2D eigenvalue weighted by Gasteiger charge is 2.37. The second kappa shape index (κ2) is 6.71. The third kappa shape index (κ3) is 3.52. The van der Waals surface area contributed by atoms with Crippen LogP contribution in [0.15, 0.2) is 30.4 Å². The number of carbonyl (C=O) groups is 1. The minimum atomic E-state index is 0.189. The predicted octanol–water partition coefficient (Wildman–Crippen LogP) is 2.52. The number of nitrogens with zero attached hydrogens (tertiary/aromatic N) is 2. The lowest BCUT2D eigenvalue weighted by Crippen LogP contribution is -2.40. The molecular formula is C20H26N2O3. The monoisotopic (exact) mass is 342 g/mol. The van der Waals surface area contributed by atoms with E-state index >= 15 is 0 Å². The molecule has 25 heavy (non-hydrogen) atoms. The first-order valence-electron chi connectivity index (χ1n) is 9.08. The molecule has 2 bridgehead atoms. The number of hydrogen-bond acceptors (Lipinski definition) is 4. The van der Waals surface area contributed by atoms with Crippen LogP contribution in [0.25, 0.3) is 0 Å². The molecule has 1 fully saturated rings. The molecule has 3 atom stereocenters. The molecule has 1 aliphatic heterocycles. The highest BCUT2D eigenvalue weighted by Crippen LogP contribution is 2.43. The summed E-state index contributed by atoms with van der Waals surface area (Å²) in [5, 5.41) is 0. The number of hydrogen-bond donors (Lipinski definition) is 0. The van der Waals surface area contributed by atoms with Crippen LogP contribution in [0, 0.1) is 17.8 Å². The van der Waals surface area contributed by atoms with Gasteiger partial charge in [-0.1, -0.05) is 18.2 Å². The summed E-state index contributed by atoms with van der Waals surface area (Å²) >= 11 is 0. The van der Waals surface area contributed by atoms with E-state index in [2.05, 4.69) is 12.2 Å². The van der Waals surface area contributed by atoms with E-state index in [1.807, 2.05) is 42.1 Å². The van der Waals surface area contributed by atoms with E-state index < -0.39 is 0 Å². The van der Waals surface area contributed by atoms with Gasteiger partial charge in [0.2, 0.25) is 12.7 Å². The fourth-order valence-corrected chi connectivity index (χ4v) is 4.27. The minimum Gasteiger partial charge on any atom is -0.454 e. The van der Waals surface area contributed by atoms with Gasteiger partial charge in [0, 0.05) is 13.1 Å². The summed E-state index contributed by atoms with van der Waals surface area (Å²) in [7, 11) is 3.88. The minimum absolute atomic E-state index is 0.189. The van der Waals surface area contributed by atoms with Gasteiger partial charge < -0.3 is 19.3 Å². The summed E-state index contributed by atoms with van der Waals surface area (Å²) in [6.07, 6.45) is 7.19. The molecule has 1 heterocycles. The number of fused-ring (bicyclic) bond motifs is 3. The van der Waals surface area contributed by atoms with Gasteiger partial charge in [-0.05, 0) is 62.4 Å². The number of likely N-dealkylation sites (N-methyl/N-ethyl adjacent to an activating group) is 1. The van der Waals surface area contributed by atoms with Crippen molar-refractivity contribution >= 4 is 5.91 Å². The first-order valence-corrected chi connectivity index (χ1v) is 9.08. The van der Waals surface area contributed by atoms with Crippen molar-refractivity contribution in [2.75, 3.05) is 34.0 Å². The number of benzene rings is 1. The Hall–Kier alpha value is -2.01. The van der Waals surface area contributed by atoms with Gasteiger partial charge in [-0.15, -0.1) is 0 Å². The highest BCUT2D eigenvalue weighted by molar-refractivity contribution is 5.78. The van der Waals surface area contributed by atoms with Gasteiger partial charge >= 0.3 is 0 Å². The second-order valence-electron chi connectivity index (χ2n) is 7.74. The molecule has 1 amide bonds. The molecule has 1 aromatic rings. The van der Waals surface area contributed by atoms with Crippen LogP contribution in [0.5, 0.6) is 11.5 Å². The van der Waals surface area contributed by atoms with E-state index in [0.29, 0.717) is 24.9 Å². The van der Waals surface area contributed by atoms with Crippen molar-refractivity contribution in [1.82, 2.24) is 9.80 Å². The Morgan fingerprint density at radius 1 is 1.16 bits per heavy atom. The maximum absolute atomic E-state index is 12.8. The molecule has 1 aromatic carbocycles. The predicted molar refractivity (Wildman–Crippen MR) is 95.4 cm³/mol. The highest BCUT2D eigenvalue weighted by atomic mass is 16.7. The number of allylic oxidation sites excluding steroid dienone is 2. The number of amides is 1. The Bertz CT molecular complexity index is 686. The van der Waals surface area contributed by atoms with Gasteiger partial charge in [0.15, 0.2) is 11.5 Å². The van der Waals surface area contributed by atoms with Crippen molar-refractivity contribution in [3.05, 3.63) is 35.9 Å². The van der Waals surface area contributed by atoms with Crippen LogP contribution < -0.4 is 9.47 Å². The quantitative estimate of drug-likeness (QED) is 0.745. The van der Waals surface area contributed by atoms with Crippen LogP contribution >= 0.6 is 0 Å². The average Bonchev–Trinajstić information content (AvgIpc) is 3.29. The van der Waals surface area contributed by atoms with Crippen LogP contribution in [0.1, 0.15) is 18.4 Å². The summed E-state index contributed by atoms with van der Waals surface area (Å²) in [5.74, 6) is 3.72. The average molecular weight is 342 g/mol. The van der Waals surface area contributed by atoms with Crippen LogP contribution in [0.2, 0.25) is 0 Å². The molecule has 3 aliphatic rings. The molecule has 4 rings (SSSR count). The van der Waals surface area contributed by atoms with Crippen molar-refractivity contribution in [3.63, 3.8) is 0 Å². The maximum atomic E-state index is 12.8. The smallest absolute Gasteiger partial charge is 0.237 e. The largest absolute Gasteiger partial charge is 0.454 e. The molecular weight excluding hydrogens is 316 g/mol. The van der Waals surface area contributed by atoms with Crippen LogP contribution in [0.3, 0.4) is 0 Å². The third-order valence-corrected chi connectivity index (χ3v) is 5.49. The molecule has 5 heteroatoms. The molecule has 0 radical (unpaired) electrons. The Morgan fingerprint density at radius 3 is 2.72 bits per heavy atom. The van der Waals surface area contributed by atoms with E-state index in [0.717, 1.165) is 29.5 Å². The Kier molecular flexibility index (Phi) is 4.42. The van der Waals surface area contributed by atoms with E-state index in [9.17, 15) is 4.79 Å². The van der Waals surface area contributed by atoms with E-state index in [1.54, 1.807) is 0 Å². The van der Waals surface area contributed by atoms with Crippen LogP contribution in [-0.4, -0.2) is 49.7 Å². The SMILES string of the molecule is CN(C)CC(=O)N(Cc1ccc2c(c1)OCO2)C[C@@H]1C[C@@H]2C=C[C@H]1C2. The molecule has 0 aromatic heterocycles. The molecule has 0 N–H and O–H groups in total. The van der Waals surface area contributed by atoms with Crippen molar-refractivity contribution < 1.29 is 14.3 Å². The summed E-state index contributed by atoms with van der Waals surface area (Å²) in [6.45, 7) is 2.19. The summed E-state index contributed by atoms with van der Waals surface area (Å²) in [4.78, 5) is 16.8. The van der Waals surface area contributed by atoms with Gasteiger partial charge in [-0.2, -0.15) is 0 Å². The van der Waals surface area contributed by atoms with Crippen LogP contribution in [0.4, 0.5) is 0 Å². The van der Waals surface area contributed by atoms with E-state index in [1.165, 1.54) is 12.8 Å². The lowest BCUT2D eigenvalue weighted by molar-refractivity contribution is -0.133. The zero-order valence-corrected chi connectivity index (χ0v) is 15.0. The number of rotatable bonds is 6. The molecule has 2 aliphatic carbocycles. The molecule has 5 nitrogen and oxygen atoms in total. The van der Waals surface area contributed by atoms with Crippen LogP contribution in [-0.2, 0) is 11.3 Å².